The Bertz CT molecular complexity index is 1080. The third kappa shape index (κ3) is 3.48. The highest BCUT2D eigenvalue weighted by atomic mass is 127. The molecule has 5 heteroatoms. The second kappa shape index (κ2) is 7.29. The summed E-state index contributed by atoms with van der Waals surface area (Å²) < 4.78 is 2.76. The van der Waals surface area contributed by atoms with Gasteiger partial charge in [0.2, 0.25) is 0 Å². The highest BCUT2D eigenvalue weighted by molar-refractivity contribution is 14.1. The lowest BCUT2D eigenvalue weighted by molar-refractivity contribution is 0.102. The van der Waals surface area contributed by atoms with Crippen LogP contribution in [0.1, 0.15) is 15.9 Å². The summed E-state index contributed by atoms with van der Waals surface area (Å²) in [6.07, 6.45) is 3.54. The number of nitrogens with one attached hydrogen (secondary N) is 1. The topological polar surface area (TPSA) is 46.9 Å². The van der Waals surface area contributed by atoms with Gasteiger partial charge in [-0.15, -0.1) is 0 Å². The number of carbonyl (C=O) groups is 1. The molecule has 0 saturated heterocycles. The van der Waals surface area contributed by atoms with Crippen molar-refractivity contribution >= 4 is 45.0 Å². The summed E-state index contributed by atoms with van der Waals surface area (Å²) in [6, 6.07) is 22.1. The van der Waals surface area contributed by atoms with E-state index in [9.17, 15) is 4.79 Å². The van der Waals surface area contributed by atoms with Crippen molar-refractivity contribution in [2.24, 2.45) is 0 Å². The van der Waals surface area contributed by atoms with Gasteiger partial charge in [0.25, 0.3) is 5.91 Å². The molecule has 3 aromatic carbocycles. The molecule has 0 unspecified atom stereocenters. The van der Waals surface area contributed by atoms with Gasteiger partial charge in [0, 0.05) is 9.77 Å². The Morgan fingerprint density at radius 2 is 1.77 bits per heavy atom. The molecule has 0 aliphatic carbocycles. The Labute approximate surface area is 165 Å². The van der Waals surface area contributed by atoms with Crippen LogP contribution >= 0.6 is 22.6 Å². The van der Waals surface area contributed by atoms with Gasteiger partial charge in [0.1, 0.15) is 0 Å². The van der Waals surface area contributed by atoms with Gasteiger partial charge in [0.05, 0.1) is 24.0 Å². The van der Waals surface area contributed by atoms with Gasteiger partial charge in [-0.25, -0.2) is 0 Å². The Kier molecular flexibility index (Phi) is 4.71. The lowest BCUT2D eigenvalue weighted by Gasteiger charge is -2.07. The van der Waals surface area contributed by atoms with Crippen molar-refractivity contribution < 1.29 is 4.79 Å². The van der Waals surface area contributed by atoms with Crippen LogP contribution in [0.4, 0.5) is 5.69 Å². The van der Waals surface area contributed by atoms with E-state index >= 15 is 0 Å². The van der Waals surface area contributed by atoms with Gasteiger partial charge in [-0.1, -0.05) is 54.6 Å². The fourth-order valence-electron chi connectivity index (χ4n) is 2.96. The predicted molar refractivity (Wildman–Crippen MR) is 112 cm³/mol. The van der Waals surface area contributed by atoms with E-state index in [1.807, 2.05) is 47.3 Å². The average molecular weight is 453 g/mol. The molecule has 0 saturated carbocycles. The van der Waals surface area contributed by atoms with E-state index in [0.29, 0.717) is 17.8 Å². The number of halogens is 1. The van der Waals surface area contributed by atoms with E-state index in [1.165, 1.54) is 16.3 Å². The molecular formula is C21H16IN3O. The Balaban J connectivity index is 1.53. The number of hydrogen-bond acceptors (Lipinski definition) is 2. The van der Waals surface area contributed by atoms with Gasteiger partial charge in [-0.3, -0.25) is 9.48 Å². The fraction of sp³-hybridized carbons (Fsp3) is 0.0476. The number of nitrogens with zero attached hydrogens (tertiary/aromatic N) is 2. The molecule has 4 aromatic rings. The van der Waals surface area contributed by atoms with Crippen molar-refractivity contribution in [3.05, 3.63) is 93.8 Å². The summed E-state index contributed by atoms with van der Waals surface area (Å²) in [5.41, 5.74) is 2.55. The van der Waals surface area contributed by atoms with Crippen LogP contribution in [0.2, 0.25) is 0 Å². The van der Waals surface area contributed by atoms with Crippen LogP contribution in [0, 0.1) is 3.57 Å². The smallest absolute Gasteiger partial charge is 0.256 e. The maximum atomic E-state index is 12.4. The maximum absolute atomic E-state index is 12.4. The zero-order chi connectivity index (χ0) is 17.9. The quantitative estimate of drug-likeness (QED) is 0.445. The highest BCUT2D eigenvalue weighted by Gasteiger charge is 2.11. The molecule has 1 heterocycles. The zero-order valence-corrected chi connectivity index (χ0v) is 16.1. The molecule has 26 heavy (non-hydrogen) atoms. The molecule has 0 aliphatic heterocycles. The van der Waals surface area contributed by atoms with Crippen molar-refractivity contribution in [3.63, 3.8) is 0 Å². The van der Waals surface area contributed by atoms with Gasteiger partial charge in [-0.2, -0.15) is 5.10 Å². The lowest BCUT2D eigenvalue weighted by atomic mass is 10.0. The number of carbonyl (C=O) groups excluding carboxylic acids is 1. The molecule has 0 atom stereocenters. The minimum Gasteiger partial charge on any atom is -0.319 e. The maximum Gasteiger partial charge on any atom is 0.256 e. The summed E-state index contributed by atoms with van der Waals surface area (Å²) >= 11 is 2.16. The van der Waals surface area contributed by atoms with Crippen molar-refractivity contribution in [1.29, 1.82) is 0 Å². The number of anilines is 1. The molecule has 4 rings (SSSR count). The predicted octanol–water partition coefficient (Wildman–Crippen LogP) is 4.94. The van der Waals surface area contributed by atoms with Crippen molar-refractivity contribution in [2.45, 2.75) is 6.54 Å². The molecule has 1 aromatic heterocycles. The summed E-state index contributed by atoms with van der Waals surface area (Å²) in [4.78, 5) is 12.4. The molecule has 0 bridgehead atoms. The van der Waals surface area contributed by atoms with Gasteiger partial charge < -0.3 is 5.32 Å². The van der Waals surface area contributed by atoms with Crippen LogP contribution in [0.3, 0.4) is 0 Å². The number of amides is 1. The summed E-state index contributed by atoms with van der Waals surface area (Å²) in [5.74, 6) is -0.125. The first-order chi connectivity index (χ1) is 12.7. The minimum atomic E-state index is -0.125. The second-order valence-electron chi connectivity index (χ2n) is 6.00. The van der Waals surface area contributed by atoms with E-state index in [1.54, 1.807) is 6.20 Å². The molecule has 1 N–H and O–H groups in total. The minimum absolute atomic E-state index is 0.125. The van der Waals surface area contributed by atoms with E-state index < -0.39 is 0 Å². The summed E-state index contributed by atoms with van der Waals surface area (Å²) in [5, 5.41) is 9.73. The normalized spacial score (nSPS) is 10.8. The number of rotatable bonds is 4. The highest BCUT2D eigenvalue weighted by Crippen LogP contribution is 2.20. The average Bonchev–Trinajstić information content (AvgIpc) is 3.09. The van der Waals surface area contributed by atoms with Gasteiger partial charge in [0.15, 0.2) is 0 Å². The molecule has 0 radical (unpaired) electrons. The van der Waals surface area contributed by atoms with Crippen LogP contribution in [0.5, 0.6) is 0 Å². The van der Waals surface area contributed by atoms with Gasteiger partial charge >= 0.3 is 0 Å². The molecular weight excluding hydrogens is 437 g/mol. The first-order valence-electron chi connectivity index (χ1n) is 8.26. The Morgan fingerprint density at radius 1 is 1.00 bits per heavy atom. The van der Waals surface area contributed by atoms with Crippen LogP contribution in [0.25, 0.3) is 10.8 Å². The second-order valence-corrected chi connectivity index (χ2v) is 7.16. The molecule has 128 valence electrons. The summed E-state index contributed by atoms with van der Waals surface area (Å²) in [7, 11) is 0. The lowest BCUT2D eigenvalue weighted by Crippen LogP contribution is -2.12. The van der Waals surface area contributed by atoms with E-state index in [0.717, 1.165) is 3.57 Å². The van der Waals surface area contributed by atoms with Crippen molar-refractivity contribution in [2.75, 3.05) is 5.32 Å². The fourth-order valence-corrected chi connectivity index (χ4v) is 3.60. The standard InChI is InChI=1S/C21H16IN3O/c22-20-11-4-3-10-19(20)21(26)24-17-12-23-25(14-17)13-16-8-5-7-15-6-1-2-9-18(15)16/h1-12,14H,13H2,(H,24,26). The van der Waals surface area contributed by atoms with Crippen molar-refractivity contribution in [3.8, 4) is 0 Å². The van der Waals surface area contributed by atoms with E-state index in [-0.39, 0.29) is 5.91 Å². The SMILES string of the molecule is O=C(Nc1cnn(Cc2cccc3ccccc23)c1)c1ccccc1I. The number of hydrogen-bond donors (Lipinski definition) is 1. The monoisotopic (exact) mass is 453 g/mol. The van der Waals surface area contributed by atoms with Crippen LogP contribution < -0.4 is 5.32 Å². The van der Waals surface area contributed by atoms with Crippen molar-refractivity contribution in [1.82, 2.24) is 9.78 Å². The number of benzene rings is 3. The summed E-state index contributed by atoms with van der Waals surface area (Å²) in [6.45, 7) is 0.653. The van der Waals surface area contributed by atoms with Crippen LogP contribution in [-0.2, 0) is 6.54 Å². The molecule has 4 nitrogen and oxygen atoms in total. The third-order valence-electron chi connectivity index (χ3n) is 4.22. The van der Waals surface area contributed by atoms with Crippen LogP contribution in [0.15, 0.2) is 79.1 Å². The molecule has 0 aliphatic rings. The third-order valence-corrected chi connectivity index (χ3v) is 5.16. The number of fused-ring (bicyclic) bond motifs is 1. The largest absolute Gasteiger partial charge is 0.319 e. The molecule has 1 amide bonds. The molecule has 0 spiro atoms. The Hall–Kier alpha value is -2.67. The Morgan fingerprint density at radius 3 is 2.65 bits per heavy atom. The van der Waals surface area contributed by atoms with Gasteiger partial charge in [-0.05, 0) is 51.1 Å². The first kappa shape index (κ1) is 16.8. The first-order valence-corrected chi connectivity index (χ1v) is 9.33. The van der Waals surface area contributed by atoms with E-state index in [2.05, 4.69) is 63.3 Å². The van der Waals surface area contributed by atoms with Crippen LogP contribution in [-0.4, -0.2) is 15.7 Å². The molecule has 0 fully saturated rings. The number of aromatic nitrogens is 2. The zero-order valence-electron chi connectivity index (χ0n) is 13.9. The van der Waals surface area contributed by atoms with E-state index in [4.69, 9.17) is 0 Å².